The van der Waals surface area contributed by atoms with Gasteiger partial charge in [-0.2, -0.15) is 5.26 Å². The molecule has 0 fully saturated rings. The van der Waals surface area contributed by atoms with Gasteiger partial charge < -0.3 is 9.84 Å². The molecule has 1 rings (SSSR count). The molecule has 1 N–H and O–H groups in total. The fourth-order valence-electron chi connectivity index (χ4n) is 1.83. The van der Waals surface area contributed by atoms with Gasteiger partial charge in [0, 0.05) is 12.5 Å². The van der Waals surface area contributed by atoms with E-state index in [1.807, 2.05) is 6.07 Å². The topological polar surface area (TPSA) is 70.3 Å². The van der Waals surface area contributed by atoms with Crippen molar-refractivity contribution in [3.8, 4) is 6.07 Å². The molecule has 0 spiro atoms. The third-order valence-corrected chi connectivity index (χ3v) is 2.87. The van der Waals surface area contributed by atoms with Crippen LogP contribution in [-0.2, 0) is 14.9 Å². The maximum atomic E-state index is 11.1. The van der Waals surface area contributed by atoms with Crippen molar-refractivity contribution < 1.29 is 14.6 Å². The fourth-order valence-corrected chi connectivity index (χ4v) is 1.83. The second-order valence-electron chi connectivity index (χ2n) is 4.36. The van der Waals surface area contributed by atoms with Crippen molar-refractivity contribution in [2.45, 2.75) is 25.4 Å². The highest BCUT2D eigenvalue weighted by molar-refractivity contribution is 5.74. The third-order valence-electron chi connectivity index (χ3n) is 2.87. The summed E-state index contributed by atoms with van der Waals surface area (Å²) in [4.78, 5) is 11.1. The monoisotopic (exact) mass is 233 g/mol. The van der Waals surface area contributed by atoms with Crippen LogP contribution in [0, 0.1) is 11.3 Å². The summed E-state index contributed by atoms with van der Waals surface area (Å²) >= 11 is 0. The first-order valence-electron chi connectivity index (χ1n) is 5.19. The van der Waals surface area contributed by atoms with Crippen LogP contribution in [-0.4, -0.2) is 24.3 Å². The van der Waals surface area contributed by atoms with Gasteiger partial charge in [-0.1, -0.05) is 26.0 Å². The molecular weight excluding hydrogens is 218 g/mol. The Morgan fingerprint density at radius 3 is 2.29 bits per heavy atom. The van der Waals surface area contributed by atoms with E-state index in [0.717, 1.165) is 5.56 Å². The maximum Gasteiger partial charge on any atom is 0.333 e. The number of methoxy groups -OCH3 is 1. The molecule has 1 aromatic carbocycles. The van der Waals surface area contributed by atoms with Crippen molar-refractivity contribution in [3.63, 3.8) is 0 Å². The minimum Gasteiger partial charge on any atom is -0.479 e. The second-order valence-corrected chi connectivity index (χ2v) is 4.36. The lowest BCUT2D eigenvalue weighted by Crippen LogP contribution is -2.41. The zero-order valence-electron chi connectivity index (χ0n) is 10.1. The summed E-state index contributed by atoms with van der Waals surface area (Å²) in [7, 11) is 1.38. The number of rotatable bonds is 4. The van der Waals surface area contributed by atoms with E-state index in [1.165, 1.54) is 7.11 Å². The van der Waals surface area contributed by atoms with Crippen LogP contribution in [0.4, 0.5) is 0 Å². The van der Waals surface area contributed by atoms with Crippen LogP contribution in [0.15, 0.2) is 24.3 Å². The molecule has 17 heavy (non-hydrogen) atoms. The van der Waals surface area contributed by atoms with Gasteiger partial charge in [-0.15, -0.1) is 0 Å². The summed E-state index contributed by atoms with van der Waals surface area (Å²) < 4.78 is 5.02. The number of hydrogen-bond acceptors (Lipinski definition) is 3. The highest BCUT2D eigenvalue weighted by Gasteiger charge is 2.36. The van der Waals surface area contributed by atoms with E-state index in [4.69, 9.17) is 15.1 Å². The number of nitriles is 1. The molecule has 0 radical (unpaired) electrons. The van der Waals surface area contributed by atoms with E-state index in [2.05, 4.69) is 0 Å². The van der Waals surface area contributed by atoms with Crippen molar-refractivity contribution >= 4 is 5.97 Å². The highest BCUT2D eigenvalue weighted by Crippen LogP contribution is 2.29. The SMILES string of the molecule is COC(C(=O)O)C(C)(C)c1ccc(C#N)cc1. The Labute approximate surface area is 100 Å². The first-order chi connectivity index (χ1) is 7.93. The molecule has 0 heterocycles. The zero-order valence-corrected chi connectivity index (χ0v) is 10.1. The summed E-state index contributed by atoms with van der Waals surface area (Å²) in [5.74, 6) is -0.998. The molecule has 0 aliphatic heterocycles. The predicted octanol–water partition coefficient (Wildman–Crippen LogP) is 1.94. The first kappa shape index (κ1) is 13.2. The zero-order chi connectivity index (χ0) is 13.1. The molecule has 0 saturated heterocycles. The van der Waals surface area contributed by atoms with Gasteiger partial charge in [0.15, 0.2) is 6.10 Å². The Hall–Kier alpha value is -1.86. The van der Waals surface area contributed by atoms with Crippen LogP contribution in [0.5, 0.6) is 0 Å². The summed E-state index contributed by atoms with van der Waals surface area (Å²) in [6.07, 6.45) is -0.921. The number of hydrogen-bond donors (Lipinski definition) is 1. The molecule has 0 bridgehead atoms. The van der Waals surface area contributed by atoms with Crippen molar-refractivity contribution in [1.82, 2.24) is 0 Å². The number of aliphatic carboxylic acids is 1. The number of carbonyl (C=O) groups is 1. The average Bonchev–Trinajstić information content (AvgIpc) is 2.29. The number of carboxylic acid groups (broad SMARTS) is 1. The molecule has 1 aromatic rings. The van der Waals surface area contributed by atoms with Gasteiger partial charge in [-0.3, -0.25) is 0 Å². The number of ether oxygens (including phenoxy) is 1. The van der Waals surface area contributed by atoms with E-state index < -0.39 is 17.5 Å². The summed E-state index contributed by atoms with van der Waals surface area (Å²) in [6.45, 7) is 3.60. The minimum absolute atomic E-state index is 0.550. The van der Waals surface area contributed by atoms with Crippen LogP contribution in [0.25, 0.3) is 0 Å². The second kappa shape index (κ2) is 4.98. The average molecular weight is 233 g/mol. The molecule has 0 saturated carbocycles. The minimum atomic E-state index is -0.998. The van der Waals surface area contributed by atoms with Crippen molar-refractivity contribution in [2.75, 3.05) is 7.11 Å². The lowest BCUT2D eigenvalue weighted by molar-refractivity contribution is -0.152. The van der Waals surface area contributed by atoms with Gasteiger partial charge in [0.05, 0.1) is 11.6 Å². The Balaban J connectivity index is 3.11. The van der Waals surface area contributed by atoms with E-state index in [0.29, 0.717) is 5.56 Å². The molecule has 0 aliphatic carbocycles. The molecule has 1 unspecified atom stereocenters. The van der Waals surface area contributed by atoms with Gasteiger partial charge in [-0.05, 0) is 17.7 Å². The van der Waals surface area contributed by atoms with E-state index in [-0.39, 0.29) is 0 Å². The van der Waals surface area contributed by atoms with E-state index in [9.17, 15) is 4.79 Å². The maximum absolute atomic E-state index is 11.1. The van der Waals surface area contributed by atoms with Crippen molar-refractivity contribution in [1.29, 1.82) is 5.26 Å². The Kier molecular flexibility index (Phi) is 3.87. The van der Waals surface area contributed by atoms with Crippen molar-refractivity contribution in [3.05, 3.63) is 35.4 Å². The van der Waals surface area contributed by atoms with E-state index in [1.54, 1.807) is 38.1 Å². The van der Waals surface area contributed by atoms with Crippen LogP contribution in [0.2, 0.25) is 0 Å². The number of benzene rings is 1. The summed E-state index contributed by atoms with van der Waals surface area (Å²) in [5.41, 5.74) is 0.716. The molecule has 4 nitrogen and oxygen atoms in total. The highest BCUT2D eigenvalue weighted by atomic mass is 16.5. The summed E-state index contributed by atoms with van der Waals surface area (Å²) in [5, 5.41) is 17.8. The normalized spacial score (nSPS) is 12.8. The molecule has 0 aliphatic rings. The first-order valence-corrected chi connectivity index (χ1v) is 5.19. The van der Waals surface area contributed by atoms with Gasteiger partial charge in [-0.25, -0.2) is 4.79 Å². The van der Waals surface area contributed by atoms with Gasteiger partial charge in [0.25, 0.3) is 0 Å². The number of carboxylic acids is 1. The van der Waals surface area contributed by atoms with Crippen LogP contribution < -0.4 is 0 Å². The molecular formula is C13H15NO3. The molecule has 0 amide bonds. The van der Waals surface area contributed by atoms with Crippen molar-refractivity contribution in [2.24, 2.45) is 0 Å². The third kappa shape index (κ3) is 2.63. The standard InChI is InChI=1S/C13H15NO3/c1-13(2,11(17-3)12(15)16)10-6-4-9(8-14)5-7-10/h4-7,11H,1-3H3,(H,15,16). The fraction of sp³-hybridized carbons (Fsp3) is 0.385. The Morgan fingerprint density at radius 1 is 1.41 bits per heavy atom. The summed E-state index contributed by atoms with van der Waals surface area (Å²) in [6, 6.07) is 8.88. The van der Waals surface area contributed by atoms with Gasteiger partial charge in [0.1, 0.15) is 0 Å². The molecule has 4 heteroatoms. The Morgan fingerprint density at radius 2 is 1.94 bits per heavy atom. The van der Waals surface area contributed by atoms with Crippen LogP contribution >= 0.6 is 0 Å². The quantitative estimate of drug-likeness (QED) is 0.862. The van der Waals surface area contributed by atoms with Gasteiger partial charge >= 0.3 is 5.97 Å². The number of nitrogens with zero attached hydrogens (tertiary/aromatic N) is 1. The van der Waals surface area contributed by atoms with Crippen LogP contribution in [0.1, 0.15) is 25.0 Å². The molecule has 90 valence electrons. The lowest BCUT2D eigenvalue weighted by Gasteiger charge is -2.30. The smallest absolute Gasteiger partial charge is 0.333 e. The van der Waals surface area contributed by atoms with Crippen LogP contribution in [0.3, 0.4) is 0 Å². The molecule has 0 aromatic heterocycles. The predicted molar refractivity (Wildman–Crippen MR) is 62.6 cm³/mol. The largest absolute Gasteiger partial charge is 0.479 e. The molecule has 1 atom stereocenters. The Bertz CT molecular complexity index is 443. The lowest BCUT2D eigenvalue weighted by atomic mass is 9.79. The van der Waals surface area contributed by atoms with E-state index >= 15 is 0 Å². The van der Waals surface area contributed by atoms with Gasteiger partial charge in [0.2, 0.25) is 0 Å².